The first-order valence-electron chi connectivity index (χ1n) is 8.50. The molecule has 0 radical (unpaired) electrons. The molecule has 0 aliphatic heterocycles. The van der Waals surface area contributed by atoms with Gasteiger partial charge < -0.3 is 5.32 Å². The molecule has 2 aromatic heterocycles. The summed E-state index contributed by atoms with van der Waals surface area (Å²) in [6.45, 7) is 6.81. The summed E-state index contributed by atoms with van der Waals surface area (Å²) in [6.07, 6.45) is 2.04. The lowest BCUT2D eigenvalue weighted by Gasteiger charge is -2.11. The van der Waals surface area contributed by atoms with Crippen molar-refractivity contribution in [3.63, 3.8) is 0 Å². The number of hydrogen-bond acceptors (Lipinski definition) is 3. The van der Waals surface area contributed by atoms with Crippen LogP contribution in [-0.2, 0) is 6.54 Å². The highest BCUT2D eigenvalue weighted by Crippen LogP contribution is 2.29. The van der Waals surface area contributed by atoms with Crippen LogP contribution in [0.1, 0.15) is 47.6 Å². The molecule has 1 atom stereocenters. The minimum atomic E-state index is -0.000377. The molecule has 0 saturated heterocycles. The molecule has 6 heteroatoms. The number of benzene rings is 1. The minimum Gasteiger partial charge on any atom is -0.349 e. The Morgan fingerprint density at radius 2 is 2.08 bits per heavy atom. The maximum Gasteiger partial charge on any atom is 0.261 e. The van der Waals surface area contributed by atoms with Crippen LogP contribution in [0, 0.1) is 6.92 Å². The average Bonchev–Trinajstić information content (AvgIpc) is 3.12. The predicted molar refractivity (Wildman–Crippen MR) is 105 cm³/mol. The molecule has 3 aromatic rings. The van der Waals surface area contributed by atoms with E-state index in [-0.39, 0.29) is 11.9 Å². The van der Waals surface area contributed by atoms with Gasteiger partial charge in [0.1, 0.15) is 4.83 Å². The van der Waals surface area contributed by atoms with Crippen molar-refractivity contribution in [2.24, 2.45) is 0 Å². The first kappa shape index (κ1) is 18.0. The van der Waals surface area contributed by atoms with E-state index >= 15 is 0 Å². The molecule has 25 heavy (non-hydrogen) atoms. The highest BCUT2D eigenvalue weighted by molar-refractivity contribution is 7.20. The van der Waals surface area contributed by atoms with Gasteiger partial charge in [0.05, 0.1) is 17.1 Å². The first-order chi connectivity index (χ1) is 12.0. The summed E-state index contributed by atoms with van der Waals surface area (Å²) in [5.74, 6) is -0.000377. The molecule has 0 saturated carbocycles. The molecule has 0 spiro atoms. The van der Waals surface area contributed by atoms with Crippen LogP contribution in [0.25, 0.3) is 10.2 Å². The molecule has 0 aliphatic rings. The molecule has 1 aromatic carbocycles. The van der Waals surface area contributed by atoms with Crippen molar-refractivity contribution in [3.05, 3.63) is 51.5 Å². The van der Waals surface area contributed by atoms with Gasteiger partial charge in [0.15, 0.2) is 0 Å². The van der Waals surface area contributed by atoms with Crippen LogP contribution in [0.2, 0.25) is 5.02 Å². The average molecular weight is 376 g/mol. The van der Waals surface area contributed by atoms with Crippen LogP contribution >= 0.6 is 22.9 Å². The number of carbonyl (C=O) groups is 1. The highest BCUT2D eigenvalue weighted by atomic mass is 35.5. The van der Waals surface area contributed by atoms with Gasteiger partial charge in [-0.25, -0.2) is 0 Å². The Balaban J connectivity index is 1.85. The van der Waals surface area contributed by atoms with Gasteiger partial charge in [0.25, 0.3) is 5.91 Å². The fraction of sp³-hybridized carbons (Fsp3) is 0.368. The van der Waals surface area contributed by atoms with Crippen molar-refractivity contribution in [2.45, 2.75) is 46.2 Å². The number of hydrogen-bond donors (Lipinski definition) is 1. The number of nitrogens with zero attached hydrogens (tertiary/aromatic N) is 2. The van der Waals surface area contributed by atoms with Crippen molar-refractivity contribution in [2.75, 3.05) is 0 Å². The lowest BCUT2D eigenvalue weighted by molar-refractivity contribution is 0.0942. The normalized spacial score (nSPS) is 12.5. The summed E-state index contributed by atoms with van der Waals surface area (Å²) < 4.78 is 1.96. The summed E-state index contributed by atoms with van der Waals surface area (Å²) >= 11 is 7.45. The second kappa shape index (κ2) is 7.58. The fourth-order valence-corrected chi connectivity index (χ4v) is 4.08. The van der Waals surface area contributed by atoms with Gasteiger partial charge in [0, 0.05) is 16.5 Å². The van der Waals surface area contributed by atoms with Crippen LogP contribution in [-0.4, -0.2) is 21.7 Å². The topological polar surface area (TPSA) is 46.9 Å². The standard InChI is InChI=1S/C19H22ClN3OS/c1-4-5-12(2)21-18(24)17-10-16-13(3)22-23(19(16)25-17)11-14-6-8-15(20)9-7-14/h6-10,12H,4-5,11H2,1-3H3,(H,21,24). The zero-order valence-electron chi connectivity index (χ0n) is 14.7. The summed E-state index contributed by atoms with van der Waals surface area (Å²) in [6, 6.07) is 9.90. The monoisotopic (exact) mass is 375 g/mol. The second-order valence-corrected chi connectivity index (χ2v) is 7.83. The molecule has 1 unspecified atom stereocenters. The van der Waals surface area contributed by atoms with Gasteiger partial charge in [0.2, 0.25) is 0 Å². The Morgan fingerprint density at radius 3 is 2.76 bits per heavy atom. The van der Waals surface area contributed by atoms with E-state index in [0.29, 0.717) is 6.54 Å². The number of carbonyl (C=O) groups excluding carboxylic acids is 1. The molecule has 1 amide bonds. The number of aryl methyl sites for hydroxylation is 1. The lowest BCUT2D eigenvalue weighted by Crippen LogP contribution is -2.31. The predicted octanol–water partition coefficient (Wildman–Crippen LogP) is 5.03. The summed E-state index contributed by atoms with van der Waals surface area (Å²) in [5.41, 5.74) is 2.07. The van der Waals surface area contributed by atoms with E-state index in [1.165, 1.54) is 11.3 Å². The van der Waals surface area contributed by atoms with Crippen LogP contribution in [0.4, 0.5) is 0 Å². The third-order valence-corrected chi connectivity index (χ3v) is 5.58. The van der Waals surface area contributed by atoms with Crippen molar-refractivity contribution in [1.82, 2.24) is 15.1 Å². The molecule has 2 heterocycles. The number of nitrogens with one attached hydrogen (secondary N) is 1. The maximum absolute atomic E-state index is 12.5. The zero-order valence-corrected chi connectivity index (χ0v) is 16.2. The Kier molecular flexibility index (Phi) is 5.45. The van der Waals surface area contributed by atoms with E-state index in [4.69, 9.17) is 11.6 Å². The third-order valence-electron chi connectivity index (χ3n) is 4.18. The quantitative estimate of drug-likeness (QED) is 0.657. The van der Waals surface area contributed by atoms with E-state index < -0.39 is 0 Å². The van der Waals surface area contributed by atoms with Gasteiger partial charge in [-0.2, -0.15) is 5.10 Å². The van der Waals surface area contributed by atoms with Gasteiger partial charge in [-0.15, -0.1) is 11.3 Å². The molecule has 0 aliphatic carbocycles. The van der Waals surface area contributed by atoms with E-state index in [2.05, 4.69) is 17.3 Å². The second-order valence-electron chi connectivity index (χ2n) is 6.36. The number of thiophene rings is 1. The first-order valence-corrected chi connectivity index (χ1v) is 9.69. The Hall–Kier alpha value is -1.85. The molecular formula is C19H22ClN3OS. The van der Waals surface area contributed by atoms with E-state index in [0.717, 1.165) is 44.2 Å². The van der Waals surface area contributed by atoms with Crippen LogP contribution < -0.4 is 5.32 Å². The van der Waals surface area contributed by atoms with Crippen molar-refractivity contribution >= 4 is 39.1 Å². The maximum atomic E-state index is 12.5. The van der Waals surface area contributed by atoms with Gasteiger partial charge in [-0.05, 0) is 44.0 Å². The smallest absolute Gasteiger partial charge is 0.261 e. The summed E-state index contributed by atoms with van der Waals surface area (Å²) in [5, 5.41) is 9.46. The molecule has 0 bridgehead atoms. The summed E-state index contributed by atoms with van der Waals surface area (Å²) in [7, 11) is 0. The molecule has 132 valence electrons. The van der Waals surface area contributed by atoms with Gasteiger partial charge in [-0.3, -0.25) is 9.48 Å². The SMILES string of the molecule is CCCC(C)NC(=O)c1cc2c(C)nn(Cc3ccc(Cl)cc3)c2s1. The molecular weight excluding hydrogens is 354 g/mol. The van der Waals surface area contributed by atoms with E-state index in [1.807, 2.05) is 48.9 Å². The molecule has 0 fully saturated rings. The number of rotatable bonds is 6. The van der Waals surface area contributed by atoms with Crippen LogP contribution in [0.15, 0.2) is 30.3 Å². The van der Waals surface area contributed by atoms with Crippen molar-refractivity contribution < 1.29 is 4.79 Å². The molecule has 1 N–H and O–H groups in total. The Bertz CT molecular complexity index is 882. The van der Waals surface area contributed by atoms with Crippen molar-refractivity contribution in [3.8, 4) is 0 Å². The fourth-order valence-electron chi connectivity index (χ4n) is 2.89. The number of halogens is 1. The van der Waals surface area contributed by atoms with E-state index in [1.54, 1.807) is 0 Å². The van der Waals surface area contributed by atoms with Crippen LogP contribution in [0.5, 0.6) is 0 Å². The Labute approximate surface area is 156 Å². The Morgan fingerprint density at radius 1 is 1.36 bits per heavy atom. The number of amides is 1. The lowest BCUT2D eigenvalue weighted by atomic mass is 10.2. The number of fused-ring (bicyclic) bond motifs is 1. The van der Waals surface area contributed by atoms with Gasteiger partial charge >= 0.3 is 0 Å². The zero-order chi connectivity index (χ0) is 18.0. The summed E-state index contributed by atoms with van der Waals surface area (Å²) in [4.78, 5) is 14.2. The molecule has 4 nitrogen and oxygen atoms in total. The largest absolute Gasteiger partial charge is 0.349 e. The van der Waals surface area contributed by atoms with E-state index in [9.17, 15) is 4.79 Å². The number of aromatic nitrogens is 2. The highest BCUT2D eigenvalue weighted by Gasteiger charge is 2.17. The molecule has 3 rings (SSSR count). The van der Waals surface area contributed by atoms with Crippen LogP contribution in [0.3, 0.4) is 0 Å². The third kappa shape index (κ3) is 4.05. The minimum absolute atomic E-state index is 0.000377. The van der Waals surface area contributed by atoms with Crippen molar-refractivity contribution in [1.29, 1.82) is 0 Å². The van der Waals surface area contributed by atoms with Gasteiger partial charge in [-0.1, -0.05) is 37.1 Å².